The minimum atomic E-state index is -0.00524. The zero-order valence-electron chi connectivity index (χ0n) is 20.7. The van der Waals surface area contributed by atoms with Gasteiger partial charge in [-0.3, -0.25) is 4.79 Å². The summed E-state index contributed by atoms with van der Waals surface area (Å²) in [6.45, 7) is 7.05. The number of allylic oxidation sites excluding steroid dienone is 2. The Balaban J connectivity index is 1.66. The fourth-order valence-electron chi connectivity index (χ4n) is 4.42. The number of carbonyl (C=O) groups is 1. The van der Waals surface area contributed by atoms with Crippen molar-refractivity contribution in [3.63, 3.8) is 0 Å². The van der Waals surface area contributed by atoms with Crippen LogP contribution in [0.2, 0.25) is 0 Å². The summed E-state index contributed by atoms with van der Waals surface area (Å²) >= 11 is 1.63. The lowest BCUT2D eigenvalue weighted by atomic mass is 9.97. The number of ether oxygens (including phenoxy) is 1. The number of carbonyl (C=O) groups excluding carboxylic acids is 1. The van der Waals surface area contributed by atoms with E-state index in [2.05, 4.69) is 35.2 Å². The van der Waals surface area contributed by atoms with E-state index >= 15 is 0 Å². The van der Waals surface area contributed by atoms with Gasteiger partial charge in [0.2, 0.25) is 0 Å². The molecule has 6 heteroatoms. The molecule has 180 valence electrons. The first-order chi connectivity index (χ1) is 16.5. The number of nitrogens with one attached hydrogen (secondary N) is 1. The number of hydrogen-bond acceptors (Lipinski definition) is 4. The molecule has 0 saturated heterocycles. The number of hydrogen-bond donors (Lipinski definition) is 1. The van der Waals surface area contributed by atoms with Gasteiger partial charge >= 0.3 is 0 Å². The number of amides is 1. The maximum absolute atomic E-state index is 13.1. The summed E-state index contributed by atoms with van der Waals surface area (Å²) in [4.78, 5) is 18.0. The van der Waals surface area contributed by atoms with Gasteiger partial charge in [-0.05, 0) is 82.7 Å². The summed E-state index contributed by atoms with van der Waals surface area (Å²) in [5.74, 6) is 0.827. The van der Waals surface area contributed by atoms with E-state index in [-0.39, 0.29) is 11.9 Å². The molecule has 2 heterocycles. The quantitative estimate of drug-likeness (QED) is 0.337. The second kappa shape index (κ2) is 11.0. The summed E-state index contributed by atoms with van der Waals surface area (Å²) in [5.41, 5.74) is 6.28. The van der Waals surface area contributed by atoms with Crippen molar-refractivity contribution in [2.45, 2.75) is 71.9 Å². The maximum Gasteiger partial charge on any atom is 0.253 e. The molecule has 1 unspecified atom stereocenters. The van der Waals surface area contributed by atoms with Gasteiger partial charge in [0.15, 0.2) is 0 Å². The fourth-order valence-corrected chi connectivity index (χ4v) is 5.24. The lowest BCUT2D eigenvalue weighted by Crippen LogP contribution is -2.32. The number of aromatic nitrogens is 2. The highest BCUT2D eigenvalue weighted by atomic mass is 32.1. The van der Waals surface area contributed by atoms with Gasteiger partial charge in [0, 0.05) is 29.2 Å². The van der Waals surface area contributed by atoms with Crippen LogP contribution in [0.4, 0.5) is 0 Å². The third kappa shape index (κ3) is 5.44. The van der Waals surface area contributed by atoms with Gasteiger partial charge in [-0.1, -0.05) is 18.6 Å². The zero-order chi connectivity index (χ0) is 24.1. The van der Waals surface area contributed by atoms with Crippen molar-refractivity contribution >= 4 is 17.2 Å². The Kier molecular flexibility index (Phi) is 7.88. The lowest BCUT2D eigenvalue weighted by molar-refractivity contribution is 0.0938. The molecule has 1 aromatic carbocycles. The van der Waals surface area contributed by atoms with Crippen molar-refractivity contribution in [2.75, 3.05) is 7.11 Å². The van der Waals surface area contributed by atoms with Crippen LogP contribution in [-0.4, -0.2) is 28.6 Å². The van der Waals surface area contributed by atoms with Crippen LogP contribution in [0.25, 0.3) is 22.0 Å². The standard InChI is InChI=1S/C28H35N3O2S/c1-5-19(2)29-27(32)24-17-26(31(20(24)3)16-15-21-9-7-6-8-10-21)25-18-34-28(30-25)22-11-13-23(33-4)14-12-22/h9,11-14,17-19H,5-8,10,15-16H2,1-4H3,(H,29,32). The summed E-state index contributed by atoms with van der Waals surface area (Å²) < 4.78 is 7.57. The Morgan fingerprint density at radius 2 is 2.06 bits per heavy atom. The molecule has 3 aromatic rings. The summed E-state index contributed by atoms with van der Waals surface area (Å²) in [5, 5.41) is 6.19. The topological polar surface area (TPSA) is 56.1 Å². The van der Waals surface area contributed by atoms with Crippen LogP contribution >= 0.6 is 11.3 Å². The van der Waals surface area contributed by atoms with Crippen LogP contribution in [0.3, 0.4) is 0 Å². The molecule has 0 spiro atoms. The van der Waals surface area contributed by atoms with Gasteiger partial charge in [0.25, 0.3) is 5.91 Å². The molecule has 4 rings (SSSR count). The molecule has 0 aliphatic heterocycles. The van der Waals surface area contributed by atoms with Crippen molar-refractivity contribution in [1.29, 1.82) is 0 Å². The van der Waals surface area contributed by atoms with Crippen molar-refractivity contribution in [2.24, 2.45) is 0 Å². The molecule has 5 nitrogen and oxygen atoms in total. The average Bonchev–Trinajstić information content (AvgIpc) is 3.48. The van der Waals surface area contributed by atoms with E-state index in [1.165, 1.54) is 31.3 Å². The second-order valence-corrected chi connectivity index (χ2v) is 9.95. The Morgan fingerprint density at radius 1 is 1.26 bits per heavy atom. The third-order valence-corrected chi connectivity index (χ3v) is 7.64. The largest absolute Gasteiger partial charge is 0.497 e. The van der Waals surface area contributed by atoms with Crippen LogP contribution in [0.5, 0.6) is 5.75 Å². The first kappa shape index (κ1) is 24.3. The normalized spacial score (nSPS) is 14.5. The number of rotatable bonds is 9. The van der Waals surface area contributed by atoms with E-state index in [4.69, 9.17) is 9.72 Å². The average molecular weight is 478 g/mol. The lowest BCUT2D eigenvalue weighted by Gasteiger charge is -2.16. The molecular formula is C28H35N3O2S. The van der Waals surface area contributed by atoms with E-state index in [9.17, 15) is 4.79 Å². The number of methoxy groups -OCH3 is 1. The number of benzene rings is 1. The van der Waals surface area contributed by atoms with Crippen LogP contribution in [0.15, 0.2) is 47.4 Å². The molecule has 2 aromatic heterocycles. The predicted octanol–water partition coefficient (Wildman–Crippen LogP) is 7.01. The van der Waals surface area contributed by atoms with Crippen LogP contribution < -0.4 is 10.1 Å². The first-order valence-corrected chi connectivity index (χ1v) is 13.2. The molecule has 0 saturated carbocycles. The van der Waals surface area contributed by atoms with E-state index in [0.29, 0.717) is 0 Å². The first-order valence-electron chi connectivity index (χ1n) is 12.3. The van der Waals surface area contributed by atoms with Crippen molar-refractivity contribution in [3.8, 4) is 27.7 Å². The predicted molar refractivity (Wildman–Crippen MR) is 141 cm³/mol. The highest BCUT2D eigenvalue weighted by molar-refractivity contribution is 7.13. The Bertz CT molecular complexity index is 1160. The molecule has 0 fully saturated rings. The van der Waals surface area contributed by atoms with Crippen LogP contribution in [-0.2, 0) is 6.54 Å². The minimum Gasteiger partial charge on any atom is -0.497 e. The Labute approximate surface area is 206 Å². The second-order valence-electron chi connectivity index (χ2n) is 9.09. The van der Waals surface area contributed by atoms with Crippen LogP contribution in [0, 0.1) is 6.92 Å². The smallest absolute Gasteiger partial charge is 0.253 e. The van der Waals surface area contributed by atoms with E-state index < -0.39 is 0 Å². The Hall–Kier alpha value is -2.86. The van der Waals surface area contributed by atoms with Crippen LogP contribution in [0.1, 0.15) is 68.4 Å². The van der Waals surface area contributed by atoms with Crippen molar-refractivity contribution in [1.82, 2.24) is 14.9 Å². The van der Waals surface area contributed by atoms with E-state index in [1.807, 2.05) is 37.3 Å². The van der Waals surface area contributed by atoms with Gasteiger partial charge in [0.1, 0.15) is 10.8 Å². The van der Waals surface area contributed by atoms with Gasteiger partial charge in [-0.25, -0.2) is 4.98 Å². The maximum atomic E-state index is 13.1. The molecule has 34 heavy (non-hydrogen) atoms. The van der Waals surface area contributed by atoms with E-state index in [1.54, 1.807) is 18.4 Å². The fraction of sp³-hybridized carbons (Fsp3) is 0.429. The SMILES string of the molecule is CCC(C)NC(=O)c1cc(-c2csc(-c3ccc(OC)cc3)n2)n(CCC2=CCCCC2)c1C. The van der Waals surface area contributed by atoms with Crippen molar-refractivity contribution in [3.05, 3.63) is 58.6 Å². The monoisotopic (exact) mass is 477 g/mol. The molecule has 0 radical (unpaired) electrons. The summed E-state index contributed by atoms with van der Waals surface area (Å²) in [6, 6.07) is 10.2. The summed E-state index contributed by atoms with van der Waals surface area (Å²) in [7, 11) is 1.67. The molecule has 1 N–H and O–H groups in total. The molecule has 1 aliphatic rings. The van der Waals surface area contributed by atoms with Gasteiger partial charge in [-0.15, -0.1) is 11.3 Å². The summed E-state index contributed by atoms with van der Waals surface area (Å²) in [6.07, 6.45) is 9.28. The third-order valence-electron chi connectivity index (χ3n) is 6.75. The van der Waals surface area contributed by atoms with Gasteiger partial charge in [0.05, 0.1) is 24.1 Å². The highest BCUT2D eigenvalue weighted by Gasteiger charge is 2.21. The molecule has 1 aliphatic carbocycles. The molecule has 1 amide bonds. The zero-order valence-corrected chi connectivity index (χ0v) is 21.5. The van der Waals surface area contributed by atoms with Gasteiger partial charge < -0.3 is 14.6 Å². The highest BCUT2D eigenvalue weighted by Crippen LogP contribution is 2.33. The molecular weight excluding hydrogens is 442 g/mol. The minimum absolute atomic E-state index is 0.00524. The van der Waals surface area contributed by atoms with Gasteiger partial charge in [-0.2, -0.15) is 0 Å². The van der Waals surface area contributed by atoms with Crippen molar-refractivity contribution < 1.29 is 9.53 Å². The van der Waals surface area contributed by atoms with E-state index in [0.717, 1.165) is 58.4 Å². The molecule has 1 atom stereocenters. The number of thiazole rings is 1. The Morgan fingerprint density at radius 3 is 2.74 bits per heavy atom. The molecule has 0 bridgehead atoms. The number of nitrogens with zero attached hydrogens (tertiary/aromatic N) is 2.